The van der Waals surface area contributed by atoms with E-state index in [0.717, 1.165) is 0 Å². The zero-order valence-electron chi connectivity index (χ0n) is 7.65. The molecule has 1 aliphatic rings. The lowest BCUT2D eigenvalue weighted by atomic mass is 9.87. The first-order valence-corrected chi connectivity index (χ1v) is 3.99. The summed E-state index contributed by atoms with van der Waals surface area (Å²) < 4.78 is 0. The Balaban J connectivity index is 3.13. The Labute approximate surface area is 80.9 Å². The summed E-state index contributed by atoms with van der Waals surface area (Å²) in [4.78, 5) is 21.4. The quantitative estimate of drug-likeness (QED) is 0.692. The van der Waals surface area contributed by atoms with Crippen LogP contribution < -0.4 is 0 Å². The van der Waals surface area contributed by atoms with Gasteiger partial charge in [-0.25, -0.2) is 4.79 Å². The Kier molecular flexibility index (Phi) is 2.56. The molecule has 0 saturated carbocycles. The van der Waals surface area contributed by atoms with Crippen molar-refractivity contribution in [1.82, 2.24) is 0 Å². The molecule has 0 amide bonds. The highest BCUT2D eigenvalue weighted by Gasteiger charge is 2.25. The molecule has 0 bridgehead atoms. The summed E-state index contributed by atoms with van der Waals surface area (Å²) in [6.45, 7) is 5.25. The molecule has 1 rings (SSSR count). The Morgan fingerprint density at radius 1 is 1.43 bits per heavy atom. The molecule has 0 saturated heterocycles. The fraction of sp³-hybridized carbons (Fsp3) is 0.200. The molecule has 74 valence electrons. The maximum atomic E-state index is 10.8. The molecular formula is C10H10O4. The smallest absolute Gasteiger partial charge is 0.335 e. The highest BCUT2D eigenvalue weighted by atomic mass is 16.4. The van der Waals surface area contributed by atoms with E-state index in [1.165, 1.54) is 12.2 Å². The molecule has 0 spiro atoms. The maximum Gasteiger partial charge on any atom is 0.335 e. The van der Waals surface area contributed by atoms with Gasteiger partial charge in [0.15, 0.2) is 0 Å². The Morgan fingerprint density at radius 2 is 2.00 bits per heavy atom. The van der Waals surface area contributed by atoms with Crippen LogP contribution in [0.1, 0.15) is 6.92 Å². The molecule has 0 heterocycles. The normalized spacial score (nSPS) is 21.2. The second-order valence-electron chi connectivity index (χ2n) is 3.10. The summed E-state index contributed by atoms with van der Waals surface area (Å²) in [7, 11) is 0. The Morgan fingerprint density at radius 3 is 2.43 bits per heavy atom. The fourth-order valence-corrected chi connectivity index (χ4v) is 1.25. The van der Waals surface area contributed by atoms with Gasteiger partial charge in [0.05, 0.1) is 5.57 Å². The van der Waals surface area contributed by atoms with Gasteiger partial charge in [0.2, 0.25) is 0 Å². The molecule has 2 N–H and O–H groups in total. The topological polar surface area (TPSA) is 74.6 Å². The maximum absolute atomic E-state index is 10.8. The van der Waals surface area contributed by atoms with E-state index in [1.54, 1.807) is 6.92 Å². The van der Waals surface area contributed by atoms with Gasteiger partial charge < -0.3 is 10.2 Å². The summed E-state index contributed by atoms with van der Waals surface area (Å²) in [5.41, 5.74) is 1.03. The van der Waals surface area contributed by atoms with Crippen LogP contribution in [0.4, 0.5) is 0 Å². The number of rotatable bonds is 2. The molecule has 0 fully saturated rings. The van der Waals surface area contributed by atoms with E-state index >= 15 is 0 Å². The molecule has 0 aromatic rings. The summed E-state index contributed by atoms with van der Waals surface area (Å²) in [6.07, 6.45) is 2.62. The summed E-state index contributed by atoms with van der Waals surface area (Å²) >= 11 is 0. The van der Waals surface area contributed by atoms with E-state index in [-0.39, 0.29) is 5.57 Å². The van der Waals surface area contributed by atoms with Crippen LogP contribution in [0.2, 0.25) is 0 Å². The van der Waals surface area contributed by atoms with Gasteiger partial charge in [0.25, 0.3) is 0 Å². The SMILES string of the molecule is C=C1C(C)=CC(C(=O)O)=CC1C(=O)O. The molecule has 0 radical (unpaired) electrons. The average Bonchev–Trinajstić information content (AvgIpc) is 2.08. The Hall–Kier alpha value is -1.84. The molecule has 4 nitrogen and oxygen atoms in total. The van der Waals surface area contributed by atoms with Gasteiger partial charge in [0, 0.05) is 0 Å². The van der Waals surface area contributed by atoms with Gasteiger partial charge in [-0.05, 0) is 24.1 Å². The monoisotopic (exact) mass is 194 g/mol. The minimum Gasteiger partial charge on any atom is -0.481 e. The predicted molar refractivity (Wildman–Crippen MR) is 49.7 cm³/mol. The van der Waals surface area contributed by atoms with E-state index < -0.39 is 17.9 Å². The van der Waals surface area contributed by atoms with Crippen LogP contribution in [0.5, 0.6) is 0 Å². The van der Waals surface area contributed by atoms with Crippen molar-refractivity contribution in [1.29, 1.82) is 0 Å². The third-order valence-electron chi connectivity index (χ3n) is 2.11. The first-order valence-electron chi connectivity index (χ1n) is 3.99. The zero-order chi connectivity index (χ0) is 10.9. The summed E-state index contributed by atoms with van der Waals surface area (Å²) in [5.74, 6) is -3.13. The lowest BCUT2D eigenvalue weighted by molar-refractivity contribution is -0.138. The third kappa shape index (κ3) is 1.74. The number of aliphatic carboxylic acids is 2. The van der Waals surface area contributed by atoms with Crippen LogP contribution in [0.25, 0.3) is 0 Å². The first-order chi connectivity index (χ1) is 6.43. The zero-order valence-corrected chi connectivity index (χ0v) is 7.65. The minimum absolute atomic E-state index is 0.00213. The van der Waals surface area contributed by atoms with Gasteiger partial charge in [-0.2, -0.15) is 0 Å². The third-order valence-corrected chi connectivity index (χ3v) is 2.11. The molecule has 0 aromatic heterocycles. The van der Waals surface area contributed by atoms with E-state index in [4.69, 9.17) is 10.2 Å². The van der Waals surface area contributed by atoms with Crippen LogP contribution in [0.3, 0.4) is 0 Å². The number of hydrogen-bond donors (Lipinski definition) is 2. The standard InChI is InChI=1S/C10H10O4/c1-5-3-7(9(11)12)4-8(6(5)2)10(13)14/h3-4,8H,2H2,1H3,(H,11,12)(H,13,14). The van der Waals surface area contributed by atoms with Gasteiger partial charge in [0.1, 0.15) is 5.92 Å². The molecule has 4 heteroatoms. The van der Waals surface area contributed by atoms with Crippen molar-refractivity contribution in [2.24, 2.45) is 5.92 Å². The van der Waals surface area contributed by atoms with Crippen LogP contribution in [-0.4, -0.2) is 22.2 Å². The summed E-state index contributed by atoms with van der Waals surface area (Å²) in [6, 6.07) is 0. The van der Waals surface area contributed by atoms with Crippen LogP contribution in [0.15, 0.2) is 35.5 Å². The van der Waals surface area contributed by atoms with Gasteiger partial charge in [-0.3, -0.25) is 4.79 Å². The first kappa shape index (κ1) is 10.2. The highest BCUT2D eigenvalue weighted by molar-refractivity contribution is 5.93. The molecule has 14 heavy (non-hydrogen) atoms. The van der Waals surface area contributed by atoms with E-state index in [9.17, 15) is 9.59 Å². The molecular weight excluding hydrogens is 184 g/mol. The van der Waals surface area contributed by atoms with Crippen molar-refractivity contribution >= 4 is 11.9 Å². The largest absolute Gasteiger partial charge is 0.481 e. The van der Waals surface area contributed by atoms with Crippen LogP contribution in [-0.2, 0) is 9.59 Å². The molecule has 1 atom stereocenters. The number of carboxylic acid groups (broad SMARTS) is 2. The van der Waals surface area contributed by atoms with Gasteiger partial charge in [-0.1, -0.05) is 12.7 Å². The lowest BCUT2D eigenvalue weighted by Crippen LogP contribution is -2.19. The second kappa shape index (κ2) is 3.49. The lowest BCUT2D eigenvalue weighted by Gasteiger charge is -2.17. The van der Waals surface area contributed by atoms with Crippen molar-refractivity contribution < 1.29 is 19.8 Å². The van der Waals surface area contributed by atoms with Crippen LogP contribution >= 0.6 is 0 Å². The van der Waals surface area contributed by atoms with Crippen molar-refractivity contribution in [3.05, 3.63) is 35.5 Å². The molecule has 0 aliphatic heterocycles. The number of allylic oxidation sites excluding steroid dienone is 1. The second-order valence-corrected chi connectivity index (χ2v) is 3.10. The number of hydrogen-bond acceptors (Lipinski definition) is 2. The van der Waals surface area contributed by atoms with E-state index in [0.29, 0.717) is 11.1 Å². The molecule has 1 unspecified atom stereocenters. The molecule has 1 aliphatic carbocycles. The molecule has 0 aromatic carbocycles. The van der Waals surface area contributed by atoms with Crippen molar-refractivity contribution in [3.63, 3.8) is 0 Å². The van der Waals surface area contributed by atoms with Crippen LogP contribution in [0, 0.1) is 5.92 Å². The minimum atomic E-state index is -1.12. The number of carboxylic acids is 2. The van der Waals surface area contributed by atoms with Crippen molar-refractivity contribution in [2.75, 3.05) is 0 Å². The van der Waals surface area contributed by atoms with Crippen molar-refractivity contribution in [3.8, 4) is 0 Å². The van der Waals surface area contributed by atoms with E-state index in [1.807, 2.05) is 0 Å². The Bertz CT molecular complexity index is 374. The fourth-order valence-electron chi connectivity index (χ4n) is 1.25. The predicted octanol–water partition coefficient (Wildman–Crippen LogP) is 1.21. The van der Waals surface area contributed by atoms with E-state index in [2.05, 4.69) is 6.58 Å². The van der Waals surface area contributed by atoms with Gasteiger partial charge >= 0.3 is 11.9 Å². The highest BCUT2D eigenvalue weighted by Crippen LogP contribution is 2.27. The van der Waals surface area contributed by atoms with Gasteiger partial charge in [-0.15, -0.1) is 0 Å². The number of carbonyl (C=O) groups is 2. The summed E-state index contributed by atoms with van der Waals surface area (Å²) in [5, 5.41) is 17.5. The van der Waals surface area contributed by atoms with Crippen molar-refractivity contribution in [2.45, 2.75) is 6.92 Å². The average molecular weight is 194 g/mol.